The van der Waals surface area contributed by atoms with Gasteiger partial charge in [-0.05, 0) is 78.1 Å². The second-order valence-electron chi connectivity index (χ2n) is 10.6. The largest absolute Gasteiger partial charge is 0.491 e. The van der Waals surface area contributed by atoms with E-state index < -0.39 is 5.60 Å². The van der Waals surface area contributed by atoms with Gasteiger partial charge in [0.15, 0.2) is 0 Å². The van der Waals surface area contributed by atoms with Crippen LogP contribution in [0, 0.1) is 13.8 Å². The van der Waals surface area contributed by atoms with Crippen LogP contribution in [0.25, 0.3) is 11.1 Å². The van der Waals surface area contributed by atoms with E-state index in [1.807, 2.05) is 46.8 Å². The number of carbonyl (C=O) groups is 2. The maximum atomic E-state index is 12.9. The molecule has 2 aromatic heterocycles. The molecule has 0 aliphatic carbocycles. The van der Waals surface area contributed by atoms with Crippen molar-refractivity contribution in [3.05, 3.63) is 53.9 Å². The molecule has 1 saturated heterocycles. The molecule has 4 rings (SSSR count). The Morgan fingerprint density at radius 2 is 1.84 bits per heavy atom. The van der Waals surface area contributed by atoms with Crippen molar-refractivity contribution in [2.24, 2.45) is 7.05 Å². The second-order valence-corrected chi connectivity index (χ2v) is 10.6. The number of ether oxygens (including phenoxy) is 2. The number of aromatic nitrogens is 4. The minimum absolute atomic E-state index is 0.107. The van der Waals surface area contributed by atoms with E-state index in [2.05, 4.69) is 20.4 Å². The van der Waals surface area contributed by atoms with Gasteiger partial charge in [-0.2, -0.15) is 5.10 Å². The van der Waals surface area contributed by atoms with Crippen LogP contribution in [0.3, 0.4) is 0 Å². The summed E-state index contributed by atoms with van der Waals surface area (Å²) in [4.78, 5) is 36.2. The van der Waals surface area contributed by atoms with Crippen molar-refractivity contribution in [1.29, 1.82) is 0 Å². The van der Waals surface area contributed by atoms with Crippen LogP contribution in [-0.4, -0.2) is 61.4 Å². The fourth-order valence-corrected chi connectivity index (χ4v) is 4.62. The van der Waals surface area contributed by atoms with Crippen molar-refractivity contribution in [1.82, 2.24) is 24.6 Å². The number of nitrogens with zero attached hydrogens (tertiary/aromatic N) is 5. The third-order valence-corrected chi connectivity index (χ3v) is 6.47. The van der Waals surface area contributed by atoms with Gasteiger partial charge in [0, 0.05) is 48.0 Å². The molecule has 1 aromatic carbocycles. The molecule has 3 heterocycles. The van der Waals surface area contributed by atoms with Crippen molar-refractivity contribution in [3.63, 3.8) is 0 Å². The van der Waals surface area contributed by atoms with E-state index >= 15 is 0 Å². The summed E-state index contributed by atoms with van der Waals surface area (Å²) in [5.74, 6) is 0.358. The van der Waals surface area contributed by atoms with Gasteiger partial charge in [0.25, 0.3) is 5.91 Å². The number of hydrogen-bond acceptors (Lipinski definition) is 7. The summed E-state index contributed by atoms with van der Waals surface area (Å²) in [6, 6.07) is 7.06. The molecule has 1 N–H and O–H groups in total. The van der Waals surface area contributed by atoms with Gasteiger partial charge in [-0.1, -0.05) is 0 Å². The molecule has 38 heavy (non-hydrogen) atoms. The molecule has 3 aromatic rings. The van der Waals surface area contributed by atoms with Crippen LogP contribution in [-0.2, 0) is 11.8 Å². The fourth-order valence-electron chi connectivity index (χ4n) is 4.62. The molecule has 10 nitrogen and oxygen atoms in total. The van der Waals surface area contributed by atoms with E-state index in [1.165, 1.54) is 11.0 Å². The predicted octanol–water partition coefficient (Wildman–Crippen LogP) is 4.91. The summed E-state index contributed by atoms with van der Waals surface area (Å²) in [7, 11) is 1.72. The number of likely N-dealkylation sites (tertiary alicyclic amines) is 1. The Morgan fingerprint density at radius 1 is 1.11 bits per heavy atom. The highest BCUT2D eigenvalue weighted by atomic mass is 16.6. The van der Waals surface area contributed by atoms with E-state index in [-0.39, 0.29) is 18.0 Å². The maximum Gasteiger partial charge on any atom is 0.410 e. The van der Waals surface area contributed by atoms with Gasteiger partial charge in [0.2, 0.25) is 0 Å². The summed E-state index contributed by atoms with van der Waals surface area (Å²) in [5.41, 5.74) is 3.69. The first-order valence-electron chi connectivity index (χ1n) is 12.9. The molecule has 0 unspecified atom stereocenters. The zero-order chi connectivity index (χ0) is 27.4. The third kappa shape index (κ3) is 6.30. The van der Waals surface area contributed by atoms with E-state index in [0.29, 0.717) is 30.3 Å². The molecule has 1 atom stereocenters. The molecule has 2 amide bonds. The lowest BCUT2D eigenvalue weighted by atomic mass is 10.0. The Bertz CT molecular complexity index is 1290. The Morgan fingerprint density at radius 3 is 2.50 bits per heavy atom. The van der Waals surface area contributed by atoms with Crippen LogP contribution < -0.4 is 10.1 Å². The number of rotatable bonds is 6. The Labute approximate surface area is 223 Å². The lowest BCUT2D eigenvalue weighted by Crippen LogP contribution is -2.48. The van der Waals surface area contributed by atoms with Gasteiger partial charge in [-0.3, -0.25) is 9.48 Å². The van der Waals surface area contributed by atoms with Crippen LogP contribution in [0.2, 0.25) is 0 Å². The summed E-state index contributed by atoms with van der Waals surface area (Å²) in [6.45, 7) is 10.4. The zero-order valence-electron chi connectivity index (χ0n) is 22.9. The zero-order valence-corrected chi connectivity index (χ0v) is 22.9. The lowest BCUT2D eigenvalue weighted by Gasteiger charge is -2.36. The number of nitrogens with one attached hydrogen (secondary N) is 1. The van der Waals surface area contributed by atoms with Crippen molar-refractivity contribution in [2.75, 3.05) is 18.5 Å². The lowest BCUT2D eigenvalue weighted by molar-refractivity contribution is 0.00364. The molecule has 10 heteroatoms. The van der Waals surface area contributed by atoms with Gasteiger partial charge in [-0.15, -0.1) is 0 Å². The average molecular weight is 521 g/mol. The molecule has 0 saturated carbocycles. The monoisotopic (exact) mass is 520 g/mol. The molecular weight excluding hydrogens is 484 g/mol. The summed E-state index contributed by atoms with van der Waals surface area (Å²) in [5, 5.41) is 7.02. The molecule has 202 valence electrons. The third-order valence-electron chi connectivity index (χ3n) is 6.47. The quantitative estimate of drug-likeness (QED) is 0.491. The average Bonchev–Trinajstić information content (AvgIpc) is 3.28. The van der Waals surface area contributed by atoms with Crippen LogP contribution in [0.5, 0.6) is 5.75 Å². The van der Waals surface area contributed by atoms with Crippen molar-refractivity contribution in [3.8, 4) is 16.9 Å². The smallest absolute Gasteiger partial charge is 0.410 e. The number of carbonyl (C=O) groups excluding carboxylic acids is 2. The maximum absolute atomic E-state index is 12.9. The standard InChI is InChI=1S/C28H36N6O4/c1-18-25(19(2)30-17-29-18)22-15-20(32-26(35)23-12-13-31-33(23)6)10-11-24(22)37-16-21-9-7-8-14-34(21)27(36)38-28(3,4)5/h10-13,15,17,21H,7-9,14,16H2,1-6H3,(H,32,35)/t21-/m1/s1. The fraction of sp³-hybridized carbons (Fsp3) is 0.464. The second kappa shape index (κ2) is 11.2. The van der Waals surface area contributed by atoms with Crippen LogP contribution in [0.15, 0.2) is 36.8 Å². The number of amides is 2. The van der Waals surface area contributed by atoms with Crippen LogP contribution in [0.4, 0.5) is 10.5 Å². The molecule has 1 aliphatic heterocycles. The van der Waals surface area contributed by atoms with E-state index in [0.717, 1.165) is 41.8 Å². The number of benzene rings is 1. The van der Waals surface area contributed by atoms with E-state index in [1.54, 1.807) is 30.3 Å². The number of piperidine rings is 1. The van der Waals surface area contributed by atoms with Crippen LogP contribution in [0.1, 0.15) is 61.9 Å². The summed E-state index contributed by atoms with van der Waals surface area (Å²) < 4.78 is 13.5. The number of anilines is 1. The number of hydrogen-bond donors (Lipinski definition) is 1. The SMILES string of the molecule is Cc1ncnc(C)c1-c1cc(NC(=O)c2ccnn2C)ccc1OC[C@H]1CCCCN1C(=O)OC(C)(C)C. The van der Waals surface area contributed by atoms with Crippen molar-refractivity contribution in [2.45, 2.75) is 65.5 Å². The Kier molecular flexibility index (Phi) is 7.99. The molecule has 0 spiro atoms. The molecular formula is C28H36N6O4. The molecule has 0 bridgehead atoms. The summed E-state index contributed by atoms with van der Waals surface area (Å²) in [6.07, 6.45) is 5.58. The van der Waals surface area contributed by atoms with Crippen molar-refractivity contribution >= 4 is 17.7 Å². The highest BCUT2D eigenvalue weighted by Crippen LogP contribution is 2.36. The first kappa shape index (κ1) is 27.1. The van der Waals surface area contributed by atoms with Gasteiger partial charge < -0.3 is 19.7 Å². The topological polar surface area (TPSA) is 111 Å². The number of aryl methyl sites for hydroxylation is 3. The van der Waals surface area contributed by atoms with Gasteiger partial charge in [-0.25, -0.2) is 14.8 Å². The first-order chi connectivity index (χ1) is 18.0. The molecule has 1 fully saturated rings. The normalized spacial score (nSPS) is 15.7. The molecule has 0 radical (unpaired) electrons. The highest BCUT2D eigenvalue weighted by molar-refractivity contribution is 6.03. The Hall–Kier alpha value is -3.95. The van der Waals surface area contributed by atoms with Gasteiger partial charge in [0.1, 0.15) is 30.0 Å². The molecule has 1 aliphatic rings. The predicted molar refractivity (Wildman–Crippen MR) is 144 cm³/mol. The highest BCUT2D eigenvalue weighted by Gasteiger charge is 2.31. The van der Waals surface area contributed by atoms with Gasteiger partial charge >= 0.3 is 6.09 Å². The van der Waals surface area contributed by atoms with Gasteiger partial charge in [0.05, 0.1) is 6.04 Å². The van der Waals surface area contributed by atoms with Crippen molar-refractivity contribution < 1.29 is 19.1 Å². The van der Waals surface area contributed by atoms with E-state index in [4.69, 9.17) is 9.47 Å². The minimum Gasteiger partial charge on any atom is -0.491 e. The Balaban J connectivity index is 1.61. The minimum atomic E-state index is -0.564. The summed E-state index contributed by atoms with van der Waals surface area (Å²) >= 11 is 0. The first-order valence-corrected chi connectivity index (χ1v) is 12.9. The van der Waals surface area contributed by atoms with E-state index in [9.17, 15) is 9.59 Å². The van der Waals surface area contributed by atoms with Crippen LogP contribution >= 0.6 is 0 Å².